The summed E-state index contributed by atoms with van der Waals surface area (Å²) >= 11 is 0. The monoisotopic (exact) mass is 366 g/mol. The van der Waals surface area contributed by atoms with E-state index in [1.807, 2.05) is 0 Å². The fourth-order valence-corrected chi connectivity index (χ4v) is 2.59. The number of hydrogen-bond donors (Lipinski definition) is 1. The van der Waals surface area contributed by atoms with E-state index in [9.17, 15) is 23.1 Å². The highest BCUT2D eigenvalue weighted by Gasteiger charge is 2.34. The Balaban J connectivity index is 1.97. The van der Waals surface area contributed by atoms with Crippen LogP contribution >= 0.6 is 0 Å². The average Bonchev–Trinajstić information content (AvgIpc) is 3.03. The van der Waals surface area contributed by atoms with Gasteiger partial charge in [0.05, 0.1) is 31.6 Å². The molecule has 136 valence electrons. The summed E-state index contributed by atoms with van der Waals surface area (Å²) in [7, 11) is 1.19. The van der Waals surface area contributed by atoms with E-state index >= 15 is 0 Å². The fourth-order valence-electron chi connectivity index (χ4n) is 2.59. The van der Waals surface area contributed by atoms with Crippen molar-refractivity contribution in [3.63, 3.8) is 0 Å². The summed E-state index contributed by atoms with van der Waals surface area (Å²) in [4.78, 5) is 23.5. The maximum absolute atomic E-state index is 13.1. The number of benzene rings is 1. The molecule has 2 aromatic heterocycles. The van der Waals surface area contributed by atoms with Crippen molar-refractivity contribution in [2.24, 2.45) is 0 Å². The number of carbonyl (C=O) groups excluding carboxylic acids is 1. The van der Waals surface area contributed by atoms with Gasteiger partial charge in [0.25, 0.3) is 0 Å². The molecule has 0 saturated heterocycles. The van der Waals surface area contributed by atoms with Crippen LogP contribution in [0, 0.1) is 0 Å². The number of aliphatic hydroxyl groups excluding tert-OH is 1. The molecule has 7 nitrogen and oxygen atoms in total. The first-order valence-electron chi connectivity index (χ1n) is 7.41. The Labute approximate surface area is 145 Å². The van der Waals surface area contributed by atoms with Gasteiger partial charge in [-0.25, -0.2) is 19.7 Å². The number of aliphatic hydroxyl groups is 1. The number of fused-ring (bicyclic) bond motifs is 1. The Morgan fingerprint density at radius 3 is 2.69 bits per heavy atom. The molecule has 10 heteroatoms. The van der Waals surface area contributed by atoms with Crippen molar-refractivity contribution in [1.82, 2.24) is 19.5 Å². The van der Waals surface area contributed by atoms with Gasteiger partial charge in [0.1, 0.15) is 11.8 Å². The zero-order valence-corrected chi connectivity index (χ0v) is 13.4. The van der Waals surface area contributed by atoms with Gasteiger partial charge < -0.3 is 14.4 Å². The number of alkyl halides is 3. The molecule has 0 radical (unpaired) electrons. The highest BCUT2D eigenvalue weighted by atomic mass is 19.4. The minimum atomic E-state index is -4.59. The van der Waals surface area contributed by atoms with Crippen LogP contribution in [0.25, 0.3) is 11.2 Å². The molecule has 0 spiro atoms. The van der Waals surface area contributed by atoms with E-state index in [1.165, 1.54) is 36.2 Å². The first-order valence-corrected chi connectivity index (χ1v) is 7.41. The Hall–Kier alpha value is -3.01. The minimum absolute atomic E-state index is 0.0681. The lowest BCUT2D eigenvalue weighted by atomic mass is 10.0. The number of imidazole rings is 1. The van der Waals surface area contributed by atoms with Crippen LogP contribution in [0.5, 0.6) is 0 Å². The molecule has 1 N–H and O–H groups in total. The van der Waals surface area contributed by atoms with Crippen LogP contribution in [-0.2, 0) is 17.5 Å². The van der Waals surface area contributed by atoms with Gasteiger partial charge in [-0.05, 0) is 11.6 Å². The van der Waals surface area contributed by atoms with E-state index in [0.717, 1.165) is 12.4 Å². The molecule has 0 aliphatic carbocycles. The second-order valence-corrected chi connectivity index (χ2v) is 5.38. The van der Waals surface area contributed by atoms with E-state index in [4.69, 9.17) is 0 Å². The van der Waals surface area contributed by atoms with Crippen molar-refractivity contribution in [2.45, 2.75) is 18.8 Å². The molecular weight excluding hydrogens is 353 g/mol. The fraction of sp³-hybridized carbons (Fsp3) is 0.250. The Kier molecular flexibility index (Phi) is 4.60. The van der Waals surface area contributed by atoms with Gasteiger partial charge in [-0.2, -0.15) is 13.2 Å². The summed E-state index contributed by atoms with van der Waals surface area (Å²) in [5, 5.41) is 10.3. The molecule has 26 heavy (non-hydrogen) atoms. The minimum Gasteiger partial charge on any atom is -0.464 e. The van der Waals surface area contributed by atoms with Gasteiger partial charge in [0, 0.05) is 0 Å². The number of halogens is 3. The van der Waals surface area contributed by atoms with Crippen LogP contribution in [0.1, 0.15) is 27.7 Å². The van der Waals surface area contributed by atoms with Crippen LogP contribution < -0.4 is 0 Å². The lowest BCUT2D eigenvalue weighted by molar-refractivity contribution is -0.139. The SMILES string of the molecule is COC(=O)c1ncnc2c1ncn2CC(O)c1ccccc1C(F)(F)F. The van der Waals surface area contributed by atoms with Crippen LogP contribution in [0.15, 0.2) is 36.9 Å². The Morgan fingerprint density at radius 1 is 1.27 bits per heavy atom. The molecule has 0 amide bonds. The Morgan fingerprint density at radius 2 is 2.00 bits per heavy atom. The maximum atomic E-state index is 13.1. The molecule has 2 heterocycles. The third kappa shape index (κ3) is 3.23. The highest BCUT2D eigenvalue weighted by Crippen LogP contribution is 2.35. The van der Waals surface area contributed by atoms with Crippen LogP contribution in [0.3, 0.4) is 0 Å². The maximum Gasteiger partial charge on any atom is 0.416 e. The van der Waals surface area contributed by atoms with Crippen LogP contribution in [-0.4, -0.2) is 37.7 Å². The summed E-state index contributed by atoms with van der Waals surface area (Å²) in [6.45, 7) is -0.235. The zero-order chi connectivity index (χ0) is 18.9. The number of nitrogens with zero attached hydrogens (tertiary/aromatic N) is 4. The van der Waals surface area contributed by atoms with Crippen molar-refractivity contribution in [3.8, 4) is 0 Å². The molecule has 1 unspecified atom stereocenters. The number of esters is 1. The average molecular weight is 366 g/mol. The van der Waals surface area contributed by atoms with Gasteiger partial charge in [0.2, 0.25) is 0 Å². The molecule has 0 fully saturated rings. The standard InChI is InChI=1S/C16H13F3N4O3/c1-26-15(25)13-12-14(21-7-20-13)23(8-22-12)6-11(24)9-4-2-3-5-10(9)16(17,18)19/h2-5,7-8,11,24H,6H2,1H3. The van der Waals surface area contributed by atoms with E-state index in [0.29, 0.717) is 0 Å². The van der Waals surface area contributed by atoms with Gasteiger partial charge in [-0.3, -0.25) is 0 Å². The molecule has 0 aliphatic heterocycles. The summed E-state index contributed by atoms with van der Waals surface area (Å²) in [5.74, 6) is -0.717. The van der Waals surface area contributed by atoms with Crippen molar-refractivity contribution in [3.05, 3.63) is 53.7 Å². The first-order chi connectivity index (χ1) is 12.3. The predicted octanol–water partition coefficient (Wildman–Crippen LogP) is 2.37. The van der Waals surface area contributed by atoms with Crippen LogP contribution in [0.4, 0.5) is 13.2 Å². The van der Waals surface area contributed by atoms with Gasteiger partial charge in [0.15, 0.2) is 11.3 Å². The van der Waals surface area contributed by atoms with E-state index in [-0.39, 0.29) is 29.0 Å². The summed E-state index contributed by atoms with van der Waals surface area (Å²) < 4.78 is 45.3. The number of aromatic nitrogens is 4. The number of methoxy groups -OCH3 is 1. The third-order valence-electron chi connectivity index (χ3n) is 3.77. The number of carbonyl (C=O) groups is 1. The smallest absolute Gasteiger partial charge is 0.416 e. The van der Waals surface area contributed by atoms with E-state index in [1.54, 1.807) is 0 Å². The predicted molar refractivity (Wildman–Crippen MR) is 83.1 cm³/mol. The zero-order valence-electron chi connectivity index (χ0n) is 13.4. The molecular formula is C16H13F3N4O3. The normalized spacial score (nSPS) is 13.0. The molecule has 1 aromatic carbocycles. The molecule has 3 aromatic rings. The molecule has 1 atom stereocenters. The summed E-state index contributed by atoms with van der Waals surface area (Å²) in [6, 6.07) is 4.78. The molecule has 0 aliphatic rings. The summed E-state index contributed by atoms with van der Waals surface area (Å²) in [6.07, 6.45) is -3.66. The highest BCUT2D eigenvalue weighted by molar-refractivity contribution is 5.98. The van der Waals surface area contributed by atoms with E-state index < -0.39 is 23.8 Å². The van der Waals surface area contributed by atoms with Crippen molar-refractivity contribution in [1.29, 1.82) is 0 Å². The lowest BCUT2D eigenvalue weighted by Gasteiger charge is -2.18. The van der Waals surface area contributed by atoms with Crippen molar-refractivity contribution >= 4 is 17.1 Å². The van der Waals surface area contributed by atoms with E-state index in [2.05, 4.69) is 19.7 Å². The second-order valence-electron chi connectivity index (χ2n) is 5.38. The van der Waals surface area contributed by atoms with Gasteiger partial charge in [-0.15, -0.1) is 0 Å². The van der Waals surface area contributed by atoms with Crippen molar-refractivity contribution in [2.75, 3.05) is 7.11 Å². The largest absolute Gasteiger partial charge is 0.464 e. The molecule has 3 rings (SSSR count). The Bertz CT molecular complexity index is 955. The number of hydrogen-bond acceptors (Lipinski definition) is 6. The summed E-state index contributed by atoms with van der Waals surface area (Å²) in [5.41, 5.74) is -0.910. The van der Waals surface area contributed by atoms with Gasteiger partial charge >= 0.3 is 12.1 Å². The van der Waals surface area contributed by atoms with Gasteiger partial charge in [-0.1, -0.05) is 18.2 Å². The molecule has 0 saturated carbocycles. The van der Waals surface area contributed by atoms with Crippen LogP contribution in [0.2, 0.25) is 0 Å². The first kappa shape index (κ1) is 17.8. The number of rotatable bonds is 4. The third-order valence-corrected chi connectivity index (χ3v) is 3.77. The van der Waals surface area contributed by atoms with Crippen molar-refractivity contribution < 1.29 is 27.8 Å². The lowest BCUT2D eigenvalue weighted by Crippen LogP contribution is -2.15. The topological polar surface area (TPSA) is 90.1 Å². The molecule has 0 bridgehead atoms. The quantitative estimate of drug-likeness (QED) is 0.713. The number of ether oxygens (including phenoxy) is 1. The second kappa shape index (κ2) is 6.71.